The van der Waals surface area contributed by atoms with Crippen LogP contribution in [0.25, 0.3) is 0 Å². The number of phenolic OH excluding ortho intramolecular Hbond substituents is 2. The molecular formula is C16H17O7P. The maximum Gasteiger partial charge on any atom is 0.524 e. The molecule has 0 aromatic heterocycles. The smallest absolute Gasteiger partial charge is 0.508 e. The number of carbonyl (C=O) groups is 1. The number of carbonyl (C=O) groups excluding carboxylic acids is 1. The van der Waals surface area contributed by atoms with Crippen molar-refractivity contribution < 1.29 is 33.9 Å². The average molecular weight is 352 g/mol. The second kappa shape index (κ2) is 7.05. The molecule has 0 aliphatic carbocycles. The number of hydrogen-bond acceptors (Lipinski definition) is 5. The van der Waals surface area contributed by atoms with Crippen LogP contribution in [0.2, 0.25) is 0 Å². The number of ketones is 1. The van der Waals surface area contributed by atoms with E-state index in [1.54, 1.807) is 12.1 Å². The van der Waals surface area contributed by atoms with Gasteiger partial charge in [-0.15, -0.1) is 0 Å². The fourth-order valence-corrected chi connectivity index (χ4v) is 2.84. The Kier molecular flexibility index (Phi) is 5.29. The zero-order valence-corrected chi connectivity index (χ0v) is 13.7. The number of hydrogen-bond donors (Lipinski definition) is 4. The number of rotatable bonds is 6. The van der Waals surface area contributed by atoms with Gasteiger partial charge in [0, 0.05) is 11.5 Å². The molecule has 2 aromatic rings. The zero-order valence-electron chi connectivity index (χ0n) is 12.8. The van der Waals surface area contributed by atoms with Crippen molar-refractivity contribution in [3.63, 3.8) is 0 Å². The maximum atomic E-state index is 12.0. The average Bonchev–Trinajstić information content (AvgIpc) is 2.44. The monoisotopic (exact) mass is 352 g/mol. The molecule has 0 heterocycles. The molecule has 0 aliphatic rings. The molecule has 0 spiro atoms. The number of benzene rings is 2. The van der Waals surface area contributed by atoms with E-state index >= 15 is 0 Å². The maximum absolute atomic E-state index is 12.0. The Hall–Kier alpha value is -2.34. The molecule has 0 amide bonds. The highest BCUT2D eigenvalue weighted by Gasteiger charge is 2.25. The predicted octanol–water partition coefficient (Wildman–Crippen LogP) is 2.48. The van der Waals surface area contributed by atoms with E-state index in [4.69, 9.17) is 9.79 Å². The normalized spacial score (nSPS) is 12.6. The van der Waals surface area contributed by atoms with Crippen LogP contribution in [0, 0.1) is 0 Å². The van der Waals surface area contributed by atoms with Crippen molar-refractivity contribution in [3.8, 4) is 17.2 Å². The minimum Gasteiger partial charge on any atom is -0.508 e. The Balaban J connectivity index is 2.43. The van der Waals surface area contributed by atoms with Crippen molar-refractivity contribution in [1.82, 2.24) is 0 Å². The highest BCUT2D eigenvalue weighted by atomic mass is 31.2. The van der Waals surface area contributed by atoms with E-state index in [0.717, 1.165) is 0 Å². The Morgan fingerprint density at radius 3 is 2.42 bits per heavy atom. The van der Waals surface area contributed by atoms with Crippen molar-refractivity contribution in [2.24, 2.45) is 0 Å². The number of phosphoric ester groups is 1. The van der Waals surface area contributed by atoms with Crippen molar-refractivity contribution in [2.45, 2.75) is 19.3 Å². The lowest BCUT2D eigenvalue weighted by atomic mass is 9.88. The molecule has 8 heteroatoms. The van der Waals surface area contributed by atoms with E-state index in [-0.39, 0.29) is 35.0 Å². The standard InChI is InChI=1S/C16H17O7P/c1-10(17)13(11-4-2-5-12(18)8-11)9-14-15(19)6-3-7-16(14)23-24(20,21)22/h2-8,13,18-19H,9H2,1H3,(H2,20,21,22). The van der Waals surface area contributed by atoms with Gasteiger partial charge in [0.15, 0.2) is 0 Å². The van der Waals surface area contributed by atoms with Crippen LogP contribution in [-0.2, 0) is 15.8 Å². The first-order valence-electron chi connectivity index (χ1n) is 7.03. The van der Waals surface area contributed by atoms with Gasteiger partial charge in [-0.2, -0.15) is 0 Å². The summed E-state index contributed by atoms with van der Waals surface area (Å²) in [5.41, 5.74) is 0.622. The minimum absolute atomic E-state index is 0.0114. The van der Waals surface area contributed by atoms with Crippen LogP contribution >= 0.6 is 7.82 Å². The molecule has 0 radical (unpaired) electrons. The molecule has 24 heavy (non-hydrogen) atoms. The molecule has 1 unspecified atom stereocenters. The number of aromatic hydroxyl groups is 2. The SMILES string of the molecule is CC(=O)C(Cc1c(O)cccc1OP(=O)(O)O)c1cccc(O)c1. The molecule has 2 aromatic carbocycles. The van der Waals surface area contributed by atoms with Gasteiger partial charge < -0.3 is 14.7 Å². The van der Waals surface area contributed by atoms with Crippen LogP contribution in [0.5, 0.6) is 17.2 Å². The molecule has 7 nitrogen and oxygen atoms in total. The molecule has 2 rings (SSSR count). The molecule has 0 aliphatic heterocycles. The number of Topliss-reactive ketones (excluding diaryl/α,β-unsaturated/α-hetero) is 1. The van der Waals surface area contributed by atoms with Crippen molar-refractivity contribution in [2.75, 3.05) is 0 Å². The van der Waals surface area contributed by atoms with Gasteiger partial charge in [-0.1, -0.05) is 18.2 Å². The van der Waals surface area contributed by atoms with E-state index < -0.39 is 13.7 Å². The van der Waals surface area contributed by atoms with Gasteiger partial charge in [-0.3, -0.25) is 14.6 Å². The first kappa shape index (κ1) is 18.0. The Morgan fingerprint density at radius 2 is 1.83 bits per heavy atom. The summed E-state index contributed by atoms with van der Waals surface area (Å²) in [5.74, 6) is -1.40. The third-order valence-corrected chi connectivity index (χ3v) is 3.93. The largest absolute Gasteiger partial charge is 0.524 e. The molecule has 0 bridgehead atoms. The lowest BCUT2D eigenvalue weighted by Gasteiger charge is -2.18. The van der Waals surface area contributed by atoms with Gasteiger partial charge in [0.1, 0.15) is 23.0 Å². The summed E-state index contributed by atoms with van der Waals surface area (Å²) in [4.78, 5) is 30.0. The molecule has 128 valence electrons. The lowest BCUT2D eigenvalue weighted by Crippen LogP contribution is -2.13. The summed E-state index contributed by atoms with van der Waals surface area (Å²) >= 11 is 0. The van der Waals surface area contributed by atoms with Gasteiger partial charge in [-0.05, 0) is 43.2 Å². The summed E-state index contributed by atoms with van der Waals surface area (Å²) in [7, 11) is -4.82. The fourth-order valence-electron chi connectivity index (χ4n) is 2.41. The van der Waals surface area contributed by atoms with Gasteiger partial charge in [0.05, 0.1) is 0 Å². The topological polar surface area (TPSA) is 124 Å². The zero-order chi connectivity index (χ0) is 17.9. The van der Waals surface area contributed by atoms with Crippen LogP contribution < -0.4 is 4.52 Å². The number of phenols is 2. The fraction of sp³-hybridized carbons (Fsp3) is 0.188. The Bertz CT molecular complexity index is 797. The van der Waals surface area contributed by atoms with Crippen molar-refractivity contribution in [3.05, 3.63) is 53.6 Å². The molecule has 4 N–H and O–H groups in total. The highest BCUT2D eigenvalue weighted by molar-refractivity contribution is 7.46. The molecule has 1 atom stereocenters. The van der Waals surface area contributed by atoms with Crippen molar-refractivity contribution in [1.29, 1.82) is 0 Å². The highest BCUT2D eigenvalue weighted by Crippen LogP contribution is 2.42. The minimum atomic E-state index is -4.82. The second-order valence-electron chi connectivity index (χ2n) is 5.30. The van der Waals surface area contributed by atoms with Crippen LogP contribution in [0.15, 0.2) is 42.5 Å². The van der Waals surface area contributed by atoms with Gasteiger partial charge in [-0.25, -0.2) is 4.57 Å². The van der Waals surface area contributed by atoms with Gasteiger partial charge >= 0.3 is 7.82 Å². The first-order chi connectivity index (χ1) is 11.2. The summed E-state index contributed by atoms with van der Waals surface area (Å²) in [6, 6.07) is 10.1. The van der Waals surface area contributed by atoms with Crippen LogP contribution in [0.4, 0.5) is 0 Å². The molecule has 0 saturated carbocycles. The van der Waals surface area contributed by atoms with Gasteiger partial charge in [0.2, 0.25) is 0 Å². The number of phosphoric acid groups is 1. The molecule has 0 saturated heterocycles. The quantitative estimate of drug-likeness (QED) is 0.589. The van der Waals surface area contributed by atoms with Crippen LogP contribution in [0.3, 0.4) is 0 Å². The van der Waals surface area contributed by atoms with Crippen LogP contribution in [0.1, 0.15) is 24.0 Å². The summed E-state index contributed by atoms with van der Waals surface area (Å²) in [6.07, 6.45) is -0.0409. The Morgan fingerprint density at radius 1 is 1.17 bits per heavy atom. The van der Waals surface area contributed by atoms with E-state index in [1.807, 2.05) is 0 Å². The first-order valence-corrected chi connectivity index (χ1v) is 8.56. The lowest BCUT2D eigenvalue weighted by molar-refractivity contribution is -0.118. The van der Waals surface area contributed by atoms with E-state index in [1.165, 1.54) is 37.3 Å². The third kappa shape index (κ3) is 4.58. The molecular weight excluding hydrogens is 335 g/mol. The van der Waals surface area contributed by atoms with E-state index in [2.05, 4.69) is 4.52 Å². The summed E-state index contributed by atoms with van der Waals surface area (Å²) < 4.78 is 15.7. The Labute approximate surface area is 138 Å². The van der Waals surface area contributed by atoms with Gasteiger partial charge in [0.25, 0.3) is 0 Å². The van der Waals surface area contributed by atoms with E-state index in [9.17, 15) is 19.6 Å². The van der Waals surface area contributed by atoms with Crippen molar-refractivity contribution >= 4 is 13.6 Å². The van der Waals surface area contributed by atoms with Crippen LogP contribution in [-0.4, -0.2) is 25.8 Å². The van der Waals surface area contributed by atoms with E-state index in [0.29, 0.717) is 5.56 Å². The third-order valence-electron chi connectivity index (χ3n) is 3.50. The second-order valence-corrected chi connectivity index (χ2v) is 6.46. The summed E-state index contributed by atoms with van der Waals surface area (Å²) in [6.45, 7) is 1.36. The molecule has 0 fully saturated rings. The predicted molar refractivity (Wildman–Crippen MR) is 86.0 cm³/mol. The summed E-state index contributed by atoms with van der Waals surface area (Å²) in [5, 5.41) is 19.6.